The average molecular weight is 191 g/mol. The Balaban J connectivity index is 2.13. The summed E-state index contributed by atoms with van der Waals surface area (Å²) >= 11 is 0. The van der Waals surface area contributed by atoms with Gasteiger partial charge >= 0.3 is 0 Å². The summed E-state index contributed by atoms with van der Waals surface area (Å²) in [6.07, 6.45) is 2.21. The summed E-state index contributed by atoms with van der Waals surface area (Å²) in [5.41, 5.74) is 2.71. The quantitative estimate of drug-likeness (QED) is 0.747. The number of benzene rings is 1. The van der Waals surface area contributed by atoms with Crippen LogP contribution in [0.15, 0.2) is 24.3 Å². The fourth-order valence-electron chi connectivity index (χ4n) is 2.19. The van der Waals surface area contributed by atoms with Gasteiger partial charge in [-0.2, -0.15) is 0 Å². The Labute approximate surface area is 85.0 Å². The van der Waals surface area contributed by atoms with Crippen molar-refractivity contribution in [2.45, 2.75) is 31.8 Å². The van der Waals surface area contributed by atoms with Crippen LogP contribution in [0.2, 0.25) is 0 Å². The van der Waals surface area contributed by atoms with Crippen LogP contribution in [0.4, 0.5) is 0 Å². The lowest BCUT2D eigenvalue weighted by molar-refractivity contribution is 0.251. The topological polar surface area (TPSA) is 32.3 Å². The van der Waals surface area contributed by atoms with Gasteiger partial charge in [0.1, 0.15) is 0 Å². The molecule has 2 atom stereocenters. The zero-order valence-electron chi connectivity index (χ0n) is 8.53. The first kappa shape index (κ1) is 9.69. The molecule has 1 aromatic carbocycles. The second-order valence-electron chi connectivity index (χ2n) is 4.03. The Morgan fingerprint density at radius 2 is 2.14 bits per heavy atom. The molecule has 0 unspecified atom stereocenters. The fraction of sp³-hybridized carbons (Fsp3) is 0.500. The van der Waals surface area contributed by atoms with E-state index in [1.54, 1.807) is 0 Å². The molecule has 1 aromatic rings. The van der Waals surface area contributed by atoms with Crippen LogP contribution < -0.4 is 5.32 Å². The first-order chi connectivity index (χ1) is 6.81. The normalized spacial score (nSPS) is 26.7. The largest absolute Gasteiger partial charge is 0.395 e. The van der Waals surface area contributed by atoms with E-state index in [0.717, 1.165) is 12.8 Å². The van der Waals surface area contributed by atoms with E-state index in [9.17, 15) is 0 Å². The molecule has 0 amide bonds. The van der Waals surface area contributed by atoms with Crippen molar-refractivity contribution in [2.75, 3.05) is 6.61 Å². The summed E-state index contributed by atoms with van der Waals surface area (Å²) in [5, 5.41) is 12.5. The highest BCUT2D eigenvalue weighted by Gasteiger charge is 2.24. The summed E-state index contributed by atoms with van der Waals surface area (Å²) < 4.78 is 0. The van der Waals surface area contributed by atoms with E-state index in [-0.39, 0.29) is 6.61 Å². The lowest BCUT2D eigenvalue weighted by Gasteiger charge is -2.15. The van der Waals surface area contributed by atoms with E-state index in [1.165, 1.54) is 11.1 Å². The highest BCUT2D eigenvalue weighted by molar-refractivity contribution is 5.29. The highest BCUT2D eigenvalue weighted by Crippen LogP contribution is 2.28. The van der Waals surface area contributed by atoms with Crippen molar-refractivity contribution < 1.29 is 5.11 Å². The average Bonchev–Trinajstić information content (AvgIpc) is 2.67. The van der Waals surface area contributed by atoms with Gasteiger partial charge in [-0.05, 0) is 30.9 Å². The van der Waals surface area contributed by atoms with Crippen molar-refractivity contribution in [3.8, 4) is 0 Å². The molecule has 0 aliphatic carbocycles. The molecule has 2 nitrogen and oxygen atoms in total. The van der Waals surface area contributed by atoms with Gasteiger partial charge in [0.05, 0.1) is 6.61 Å². The van der Waals surface area contributed by atoms with Gasteiger partial charge in [0.15, 0.2) is 0 Å². The van der Waals surface area contributed by atoms with Crippen molar-refractivity contribution in [1.82, 2.24) is 5.32 Å². The van der Waals surface area contributed by atoms with E-state index in [4.69, 9.17) is 5.11 Å². The van der Waals surface area contributed by atoms with E-state index < -0.39 is 0 Å². The molecular formula is C12H17NO. The number of rotatable bonds is 2. The maximum Gasteiger partial charge on any atom is 0.0584 e. The molecule has 0 bridgehead atoms. The van der Waals surface area contributed by atoms with E-state index >= 15 is 0 Å². The third-order valence-corrected chi connectivity index (χ3v) is 3.02. The van der Waals surface area contributed by atoms with Crippen LogP contribution >= 0.6 is 0 Å². The molecule has 1 aliphatic heterocycles. The Bertz CT molecular complexity index is 311. The second kappa shape index (κ2) is 4.11. The Morgan fingerprint density at radius 3 is 2.79 bits per heavy atom. The molecular weight excluding hydrogens is 174 g/mol. The van der Waals surface area contributed by atoms with Crippen LogP contribution in [0.5, 0.6) is 0 Å². The Kier molecular flexibility index (Phi) is 2.85. The van der Waals surface area contributed by atoms with Gasteiger partial charge < -0.3 is 10.4 Å². The van der Waals surface area contributed by atoms with Crippen LogP contribution in [-0.4, -0.2) is 17.8 Å². The van der Waals surface area contributed by atoms with Crippen LogP contribution in [0.1, 0.15) is 30.0 Å². The SMILES string of the molecule is Cc1ccccc1[C@@H]1CC[C@H](CO)N1. The molecule has 2 N–H and O–H groups in total. The summed E-state index contributed by atoms with van der Waals surface area (Å²) in [5.74, 6) is 0. The number of aliphatic hydroxyl groups is 1. The summed E-state index contributed by atoms with van der Waals surface area (Å²) in [4.78, 5) is 0. The minimum absolute atomic E-state index is 0.252. The summed E-state index contributed by atoms with van der Waals surface area (Å²) in [7, 11) is 0. The van der Waals surface area contributed by atoms with Crippen LogP contribution in [0, 0.1) is 6.92 Å². The standard InChI is InChI=1S/C12H17NO/c1-9-4-2-3-5-11(9)12-7-6-10(8-14)13-12/h2-5,10,12-14H,6-8H2,1H3/t10-,12+/m1/s1. The van der Waals surface area contributed by atoms with Gasteiger partial charge in [-0.15, -0.1) is 0 Å². The minimum Gasteiger partial charge on any atom is -0.395 e. The van der Waals surface area contributed by atoms with Gasteiger partial charge in [0, 0.05) is 12.1 Å². The van der Waals surface area contributed by atoms with E-state index in [2.05, 4.69) is 36.5 Å². The van der Waals surface area contributed by atoms with Crippen molar-refractivity contribution in [1.29, 1.82) is 0 Å². The minimum atomic E-state index is 0.252. The number of nitrogens with one attached hydrogen (secondary N) is 1. The zero-order chi connectivity index (χ0) is 9.97. The second-order valence-corrected chi connectivity index (χ2v) is 4.03. The number of hydrogen-bond donors (Lipinski definition) is 2. The molecule has 2 rings (SSSR count). The molecule has 1 saturated heterocycles. The molecule has 0 saturated carbocycles. The predicted molar refractivity (Wildman–Crippen MR) is 57.2 cm³/mol. The molecule has 1 aliphatic rings. The van der Waals surface area contributed by atoms with Crippen LogP contribution in [0.3, 0.4) is 0 Å². The maximum absolute atomic E-state index is 9.04. The number of aryl methyl sites for hydroxylation is 1. The molecule has 1 fully saturated rings. The first-order valence-corrected chi connectivity index (χ1v) is 5.23. The van der Waals surface area contributed by atoms with Crippen LogP contribution in [-0.2, 0) is 0 Å². The molecule has 1 heterocycles. The van der Waals surface area contributed by atoms with Gasteiger partial charge in [-0.25, -0.2) is 0 Å². The third kappa shape index (κ3) is 1.81. The molecule has 0 aromatic heterocycles. The monoisotopic (exact) mass is 191 g/mol. The predicted octanol–water partition coefficient (Wildman–Crippen LogP) is 1.78. The molecule has 0 radical (unpaired) electrons. The molecule has 14 heavy (non-hydrogen) atoms. The summed E-state index contributed by atoms with van der Waals surface area (Å²) in [6.45, 7) is 2.39. The van der Waals surface area contributed by atoms with Crippen LogP contribution in [0.25, 0.3) is 0 Å². The van der Waals surface area contributed by atoms with Gasteiger partial charge in [-0.1, -0.05) is 24.3 Å². The fourth-order valence-corrected chi connectivity index (χ4v) is 2.19. The Morgan fingerprint density at radius 1 is 1.36 bits per heavy atom. The number of hydrogen-bond acceptors (Lipinski definition) is 2. The first-order valence-electron chi connectivity index (χ1n) is 5.23. The van der Waals surface area contributed by atoms with Gasteiger partial charge in [0.2, 0.25) is 0 Å². The van der Waals surface area contributed by atoms with Crippen molar-refractivity contribution >= 4 is 0 Å². The molecule has 76 valence electrons. The third-order valence-electron chi connectivity index (χ3n) is 3.02. The van der Waals surface area contributed by atoms with Gasteiger partial charge in [-0.3, -0.25) is 0 Å². The maximum atomic E-state index is 9.04. The number of aliphatic hydroxyl groups excluding tert-OH is 1. The zero-order valence-corrected chi connectivity index (χ0v) is 8.53. The molecule has 2 heteroatoms. The van der Waals surface area contributed by atoms with Gasteiger partial charge in [0.25, 0.3) is 0 Å². The molecule has 0 spiro atoms. The highest BCUT2D eigenvalue weighted by atomic mass is 16.3. The summed E-state index contributed by atoms with van der Waals surface area (Å²) in [6, 6.07) is 9.19. The smallest absolute Gasteiger partial charge is 0.0584 e. The van der Waals surface area contributed by atoms with Crippen molar-refractivity contribution in [2.24, 2.45) is 0 Å². The van der Waals surface area contributed by atoms with Crippen molar-refractivity contribution in [3.63, 3.8) is 0 Å². The lowest BCUT2D eigenvalue weighted by atomic mass is 10.0. The lowest BCUT2D eigenvalue weighted by Crippen LogP contribution is -2.27. The van der Waals surface area contributed by atoms with E-state index in [0.29, 0.717) is 12.1 Å². The Hall–Kier alpha value is -0.860. The van der Waals surface area contributed by atoms with E-state index in [1.807, 2.05) is 0 Å². The van der Waals surface area contributed by atoms with Crippen molar-refractivity contribution in [3.05, 3.63) is 35.4 Å².